The van der Waals surface area contributed by atoms with Crippen molar-refractivity contribution in [2.24, 2.45) is 5.92 Å². The lowest BCUT2D eigenvalue weighted by molar-refractivity contribution is -0.131. The summed E-state index contributed by atoms with van der Waals surface area (Å²) in [6.45, 7) is 6.51. The Bertz CT molecular complexity index is 270. The standard InChI is InChI=1S/C14H27N3O/c1-3-13(10-12-4-5-12)15-11-14(18)17-8-6-16(2)7-9-17/h12-13,15H,3-11H2,1-2H3. The lowest BCUT2D eigenvalue weighted by Gasteiger charge is -2.32. The SMILES string of the molecule is CCC(CC1CC1)NCC(=O)N1CCN(C)CC1. The van der Waals surface area contributed by atoms with Crippen LogP contribution in [0.4, 0.5) is 0 Å². The van der Waals surface area contributed by atoms with Crippen LogP contribution in [0.2, 0.25) is 0 Å². The molecule has 1 heterocycles. The molecule has 0 aromatic heterocycles. The topological polar surface area (TPSA) is 35.6 Å². The van der Waals surface area contributed by atoms with Gasteiger partial charge in [-0.1, -0.05) is 19.8 Å². The number of nitrogens with zero attached hydrogens (tertiary/aromatic N) is 2. The minimum Gasteiger partial charge on any atom is -0.339 e. The van der Waals surface area contributed by atoms with Crippen molar-refractivity contribution in [3.8, 4) is 0 Å². The maximum Gasteiger partial charge on any atom is 0.236 e. The highest BCUT2D eigenvalue weighted by molar-refractivity contribution is 5.78. The molecule has 4 nitrogen and oxygen atoms in total. The maximum absolute atomic E-state index is 12.1. The highest BCUT2D eigenvalue weighted by atomic mass is 16.2. The monoisotopic (exact) mass is 253 g/mol. The number of rotatable bonds is 6. The van der Waals surface area contributed by atoms with Crippen molar-refractivity contribution >= 4 is 5.91 Å². The second kappa shape index (κ2) is 6.53. The molecule has 2 rings (SSSR count). The van der Waals surface area contributed by atoms with Gasteiger partial charge in [0.2, 0.25) is 5.91 Å². The van der Waals surface area contributed by atoms with Crippen LogP contribution in [-0.2, 0) is 4.79 Å². The molecular formula is C14H27N3O. The molecule has 1 saturated carbocycles. The normalized spacial score (nSPS) is 23.1. The van der Waals surface area contributed by atoms with E-state index in [1.54, 1.807) is 0 Å². The molecule has 2 fully saturated rings. The van der Waals surface area contributed by atoms with Gasteiger partial charge in [0, 0.05) is 32.2 Å². The summed E-state index contributed by atoms with van der Waals surface area (Å²) >= 11 is 0. The van der Waals surface area contributed by atoms with Gasteiger partial charge in [0.15, 0.2) is 0 Å². The molecule has 2 aliphatic rings. The van der Waals surface area contributed by atoms with Crippen LogP contribution in [0, 0.1) is 5.92 Å². The third-order valence-corrected chi connectivity index (χ3v) is 4.21. The van der Waals surface area contributed by atoms with E-state index in [4.69, 9.17) is 0 Å². The van der Waals surface area contributed by atoms with Crippen molar-refractivity contribution in [1.82, 2.24) is 15.1 Å². The predicted molar refractivity (Wildman–Crippen MR) is 73.5 cm³/mol. The Kier molecular flexibility index (Phi) is 5.01. The van der Waals surface area contributed by atoms with Crippen LogP contribution in [-0.4, -0.2) is 61.5 Å². The fourth-order valence-electron chi connectivity index (χ4n) is 2.55. The quantitative estimate of drug-likeness (QED) is 0.765. The van der Waals surface area contributed by atoms with Gasteiger partial charge in [0.25, 0.3) is 0 Å². The molecule has 0 radical (unpaired) electrons. The fourth-order valence-corrected chi connectivity index (χ4v) is 2.55. The van der Waals surface area contributed by atoms with Crippen molar-refractivity contribution in [2.45, 2.75) is 38.6 Å². The molecule has 1 amide bonds. The Morgan fingerprint density at radius 1 is 1.28 bits per heavy atom. The van der Waals surface area contributed by atoms with Gasteiger partial charge >= 0.3 is 0 Å². The van der Waals surface area contributed by atoms with Gasteiger partial charge in [-0.05, 0) is 25.8 Å². The van der Waals surface area contributed by atoms with Crippen LogP contribution < -0.4 is 5.32 Å². The van der Waals surface area contributed by atoms with Gasteiger partial charge in [-0.15, -0.1) is 0 Å². The highest BCUT2D eigenvalue weighted by Crippen LogP contribution is 2.33. The molecule has 18 heavy (non-hydrogen) atoms. The average molecular weight is 253 g/mol. The van der Waals surface area contributed by atoms with Crippen LogP contribution in [0.5, 0.6) is 0 Å². The van der Waals surface area contributed by atoms with Crippen LogP contribution in [0.3, 0.4) is 0 Å². The number of likely N-dealkylation sites (N-methyl/N-ethyl adjacent to an activating group) is 1. The number of carbonyl (C=O) groups is 1. The molecule has 1 unspecified atom stereocenters. The molecule has 1 atom stereocenters. The Labute approximate surface area is 111 Å². The highest BCUT2D eigenvalue weighted by Gasteiger charge is 2.25. The largest absolute Gasteiger partial charge is 0.339 e. The number of amides is 1. The fraction of sp³-hybridized carbons (Fsp3) is 0.929. The Balaban J connectivity index is 1.66. The van der Waals surface area contributed by atoms with Crippen LogP contribution in [0.25, 0.3) is 0 Å². The van der Waals surface area contributed by atoms with E-state index in [-0.39, 0.29) is 5.91 Å². The minimum absolute atomic E-state index is 0.275. The molecule has 1 aliphatic heterocycles. The van der Waals surface area contributed by atoms with E-state index >= 15 is 0 Å². The van der Waals surface area contributed by atoms with Crippen LogP contribution >= 0.6 is 0 Å². The van der Waals surface area contributed by atoms with E-state index in [0.717, 1.165) is 38.5 Å². The molecule has 1 N–H and O–H groups in total. The molecule has 0 spiro atoms. The zero-order valence-corrected chi connectivity index (χ0v) is 11.8. The van der Waals surface area contributed by atoms with E-state index in [9.17, 15) is 4.79 Å². The van der Waals surface area contributed by atoms with Crippen molar-refractivity contribution < 1.29 is 4.79 Å². The van der Waals surface area contributed by atoms with E-state index < -0.39 is 0 Å². The summed E-state index contributed by atoms with van der Waals surface area (Å²) in [6, 6.07) is 0.536. The van der Waals surface area contributed by atoms with Crippen LogP contribution in [0.1, 0.15) is 32.6 Å². The first kappa shape index (κ1) is 13.8. The van der Waals surface area contributed by atoms with Crippen LogP contribution in [0.15, 0.2) is 0 Å². The second-order valence-electron chi connectivity index (χ2n) is 5.85. The first-order valence-corrected chi connectivity index (χ1v) is 7.38. The molecule has 4 heteroatoms. The third-order valence-electron chi connectivity index (χ3n) is 4.21. The van der Waals surface area contributed by atoms with Crippen molar-refractivity contribution in [3.05, 3.63) is 0 Å². The zero-order valence-electron chi connectivity index (χ0n) is 11.8. The number of hydrogen-bond donors (Lipinski definition) is 1. The zero-order chi connectivity index (χ0) is 13.0. The van der Waals surface area contributed by atoms with Gasteiger partial charge in [-0.25, -0.2) is 0 Å². The average Bonchev–Trinajstić information content (AvgIpc) is 3.18. The first-order chi connectivity index (χ1) is 8.69. The molecule has 0 aromatic carbocycles. The second-order valence-corrected chi connectivity index (χ2v) is 5.85. The molecular weight excluding hydrogens is 226 g/mol. The molecule has 0 bridgehead atoms. The lowest BCUT2D eigenvalue weighted by atomic mass is 10.1. The van der Waals surface area contributed by atoms with E-state index in [0.29, 0.717) is 12.6 Å². The smallest absolute Gasteiger partial charge is 0.236 e. The summed E-state index contributed by atoms with van der Waals surface area (Å²) in [5.41, 5.74) is 0. The Morgan fingerprint density at radius 2 is 1.94 bits per heavy atom. The molecule has 1 aliphatic carbocycles. The Hall–Kier alpha value is -0.610. The van der Waals surface area contributed by atoms with Crippen molar-refractivity contribution in [3.63, 3.8) is 0 Å². The van der Waals surface area contributed by atoms with Gasteiger partial charge in [-0.3, -0.25) is 4.79 Å². The third kappa shape index (κ3) is 4.25. The van der Waals surface area contributed by atoms with Crippen molar-refractivity contribution in [1.29, 1.82) is 0 Å². The predicted octanol–water partition coefficient (Wildman–Crippen LogP) is 0.929. The number of nitrogens with one attached hydrogen (secondary N) is 1. The summed E-state index contributed by atoms with van der Waals surface area (Å²) in [5.74, 6) is 1.21. The summed E-state index contributed by atoms with van der Waals surface area (Å²) < 4.78 is 0. The summed E-state index contributed by atoms with van der Waals surface area (Å²) in [6.07, 6.45) is 5.17. The van der Waals surface area contributed by atoms with Gasteiger partial charge in [-0.2, -0.15) is 0 Å². The molecule has 0 aromatic rings. The maximum atomic E-state index is 12.1. The molecule has 1 saturated heterocycles. The number of carbonyl (C=O) groups excluding carboxylic acids is 1. The number of piperazine rings is 1. The number of hydrogen-bond acceptors (Lipinski definition) is 3. The van der Waals surface area contributed by atoms with Gasteiger partial charge in [0.05, 0.1) is 6.54 Å². The molecule has 104 valence electrons. The van der Waals surface area contributed by atoms with Gasteiger partial charge < -0.3 is 15.1 Å². The summed E-state index contributed by atoms with van der Waals surface area (Å²) in [7, 11) is 2.11. The van der Waals surface area contributed by atoms with E-state index in [2.05, 4.69) is 24.2 Å². The van der Waals surface area contributed by atoms with Crippen molar-refractivity contribution in [2.75, 3.05) is 39.8 Å². The van der Waals surface area contributed by atoms with E-state index in [1.165, 1.54) is 19.3 Å². The van der Waals surface area contributed by atoms with E-state index in [1.807, 2.05) is 4.90 Å². The Morgan fingerprint density at radius 3 is 2.50 bits per heavy atom. The minimum atomic E-state index is 0.275. The summed E-state index contributed by atoms with van der Waals surface area (Å²) in [5, 5.41) is 3.44. The van der Waals surface area contributed by atoms with Gasteiger partial charge in [0.1, 0.15) is 0 Å². The summed E-state index contributed by atoms with van der Waals surface area (Å²) in [4.78, 5) is 16.3. The lowest BCUT2D eigenvalue weighted by Crippen LogP contribution is -2.50. The first-order valence-electron chi connectivity index (χ1n) is 7.38.